The fourth-order valence-electron chi connectivity index (χ4n) is 3.15. The van der Waals surface area contributed by atoms with Gasteiger partial charge in [0.15, 0.2) is 0 Å². The van der Waals surface area contributed by atoms with E-state index in [1.54, 1.807) is 18.3 Å². The molecule has 21 heavy (non-hydrogen) atoms. The Kier molecular flexibility index (Phi) is 4.33. The van der Waals surface area contributed by atoms with Crippen LogP contribution in [0.25, 0.3) is 0 Å². The average Bonchev–Trinajstić information content (AvgIpc) is 2.51. The number of nitrogens with two attached hydrogens (primary N) is 1. The van der Waals surface area contributed by atoms with Crippen LogP contribution in [0, 0.1) is 5.82 Å². The van der Waals surface area contributed by atoms with Crippen LogP contribution in [-0.2, 0) is 6.42 Å². The van der Waals surface area contributed by atoms with Gasteiger partial charge in [0.05, 0.1) is 6.04 Å². The van der Waals surface area contributed by atoms with Crippen molar-refractivity contribution in [3.8, 4) is 0 Å². The van der Waals surface area contributed by atoms with E-state index in [9.17, 15) is 4.39 Å². The van der Waals surface area contributed by atoms with Gasteiger partial charge in [-0.3, -0.25) is 16.3 Å². The molecule has 0 saturated heterocycles. The molecular formula is C16H17BrFN3. The number of hydrogen-bond donors (Lipinski definition) is 2. The number of aromatic nitrogens is 1. The van der Waals surface area contributed by atoms with Crippen LogP contribution in [-0.4, -0.2) is 4.98 Å². The van der Waals surface area contributed by atoms with Gasteiger partial charge in [-0.15, -0.1) is 0 Å². The number of benzene rings is 1. The molecular weight excluding hydrogens is 333 g/mol. The van der Waals surface area contributed by atoms with Crippen molar-refractivity contribution in [2.24, 2.45) is 5.84 Å². The van der Waals surface area contributed by atoms with E-state index in [1.807, 2.05) is 6.07 Å². The second-order valence-corrected chi connectivity index (χ2v) is 6.27. The lowest BCUT2D eigenvalue weighted by atomic mass is 9.79. The van der Waals surface area contributed by atoms with E-state index in [-0.39, 0.29) is 17.8 Å². The number of hydrogen-bond acceptors (Lipinski definition) is 3. The van der Waals surface area contributed by atoms with Gasteiger partial charge in [-0.05, 0) is 49.1 Å². The molecule has 0 fully saturated rings. The van der Waals surface area contributed by atoms with E-state index in [0.29, 0.717) is 5.56 Å². The number of rotatable bonds is 3. The highest BCUT2D eigenvalue weighted by Gasteiger charge is 2.31. The zero-order valence-corrected chi connectivity index (χ0v) is 13.1. The van der Waals surface area contributed by atoms with Crippen LogP contribution < -0.4 is 11.3 Å². The van der Waals surface area contributed by atoms with Crippen molar-refractivity contribution in [1.82, 2.24) is 10.4 Å². The Morgan fingerprint density at radius 1 is 1.38 bits per heavy atom. The van der Waals surface area contributed by atoms with E-state index in [1.165, 1.54) is 11.6 Å². The minimum absolute atomic E-state index is 0.0868. The Balaban J connectivity index is 2.03. The first kappa shape index (κ1) is 14.6. The number of aryl methyl sites for hydroxylation is 1. The Morgan fingerprint density at radius 2 is 2.24 bits per heavy atom. The fraction of sp³-hybridized carbons (Fsp3) is 0.312. The summed E-state index contributed by atoms with van der Waals surface area (Å²) in [6.07, 6.45) is 4.84. The fourth-order valence-corrected chi connectivity index (χ4v) is 3.52. The highest BCUT2D eigenvalue weighted by Crippen LogP contribution is 2.40. The predicted molar refractivity (Wildman–Crippen MR) is 84.1 cm³/mol. The number of nitrogens with zero attached hydrogens (tertiary/aromatic N) is 1. The van der Waals surface area contributed by atoms with Crippen molar-refractivity contribution in [2.45, 2.75) is 31.2 Å². The van der Waals surface area contributed by atoms with Crippen LogP contribution in [0.2, 0.25) is 0 Å². The topological polar surface area (TPSA) is 50.9 Å². The molecule has 2 unspecified atom stereocenters. The summed E-state index contributed by atoms with van der Waals surface area (Å²) >= 11 is 3.40. The molecule has 2 atom stereocenters. The molecule has 1 aromatic heterocycles. The molecule has 3 rings (SSSR count). The second-order valence-electron chi connectivity index (χ2n) is 5.36. The zero-order valence-electron chi connectivity index (χ0n) is 11.5. The van der Waals surface area contributed by atoms with Crippen LogP contribution >= 0.6 is 15.9 Å². The maximum absolute atomic E-state index is 14.2. The Morgan fingerprint density at radius 3 is 3.05 bits per heavy atom. The maximum atomic E-state index is 14.2. The molecule has 0 radical (unpaired) electrons. The minimum atomic E-state index is -0.281. The molecule has 2 aromatic rings. The van der Waals surface area contributed by atoms with Gasteiger partial charge in [0.2, 0.25) is 0 Å². The number of nitrogens with one attached hydrogen (secondary N) is 1. The molecule has 0 aliphatic heterocycles. The van der Waals surface area contributed by atoms with Gasteiger partial charge in [0.25, 0.3) is 0 Å². The molecule has 3 N–H and O–H groups in total. The molecule has 0 spiro atoms. The van der Waals surface area contributed by atoms with Crippen LogP contribution in [0.5, 0.6) is 0 Å². The Hall–Kier alpha value is -1.30. The van der Waals surface area contributed by atoms with Crippen molar-refractivity contribution in [2.75, 3.05) is 0 Å². The Labute approximate surface area is 131 Å². The largest absolute Gasteiger partial charge is 0.271 e. The van der Waals surface area contributed by atoms with Gasteiger partial charge in [-0.2, -0.15) is 0 Å². The van der Waals surface area contributed by atoms with Crippen LogP contribution in [0.1, 0.15) is 41.6 Å². The summed E-state index contributed by atoms with van der Waals surface area (Å²) in [4.78, 5) is 4.52. The third kappa shape index (κ3) is 2.86. The summed E-state index contributed by atoms with van der Waals surface area (Å²) in [5, 5.41) is 0. The van der Waals surface area contributed by atoms with Crippen LogP contribution in [0.15, 0.2) is 41.0 Å². The lowest BCUT2D eigenvalue weighted by Crippen LogP contribution is -2.35. The van der Waals surface area contributed by atoms with E-state index in [4.69, 9.17) is 5.84 Å². The van der Waals surface area contributed by atoms with Gasteiger partial charge >= 0.3 is 0 Å². The van der Waals surface area contributed by atoms with E-state index in [2.05, 4.69) is 32.4 Å². The molecule has 1 aliphatic carbocycles. The van der Waals surface area contributed by atoms with E-state index < -0.39 is 0 Å². The molecule has 1 heterocycles. The smallest absolute Gasteiger partial charge is 0.128 e. The molecule has 110 valence electrons. The summed E-state index contributed by atoms with van der Waals surface area (Å²) < 4.78 is 15.0. The van der Waals surface area contributed by atoms with Crippen LogP contribution in [0.4, 0.5) is 4.39 Å². The third-order valence-corrected chi connectivity index (χ3v) is 4.61. The number of pyridine rings is 1. The monoisotopic (exact) mass is 349 g/mol. The molecule has 0 saturated carbocycles. The van der Waals surface area contributed by atoms with Gasteiger partial charge in [-0.25, -0.2) is 4.39 Å². The molecule has 0 bridgehead atoms. The summed E-state index contributed by atoms with van der Waals surface area (Å²) in [7, 11) is 0. The standard InChI is InChI=1S/C16H17BrFN3/c17-11-6-7-14(18)13(9-11)16(21-19)12-5-1-3-10-4-2-8-20-15(10)12/h2,4,6-9,12,16,21H,1,3,5,19H2. The molecule has 0 amide bonds. The SMILES string of the molecule is NNC(c1cc(Br)ccc1F)C1CCCc2cccnc21. The van der Waals surface area contributed by atoms with Crippen molar-refractivity contribution in [3.63, 3.8) is 0 Å². The summed E-state index contributed by atoms with van der Waals surface area (Å²) in [5.41, 5.74) is 5.65. The van der Waals surface area contributed by atoms with Crippen molar-refractivity contribution < 1.29 is 4.39 Å². The van der Waals surface area contributed by atoms with Gasteiger partial charge in [0, 0.05) is 27.8 Å². The summed E-state index contributed by atoms with van der Waals surface area (Å²) in [6.45, 7) is 0. The molecule has 3 nitrogen and oxygen atoms in total. The highest BCUT2D eigenvalue weighted by molar-refractivity contribution is 9.10. The molecule has 5 heteroatoms. The summed E-state index contributed by atoms with van der Waals surface area (Å²) in [5.74, 6) is 5.59. The van der Waals surface area contributed by atoms with Crippen LogP contribution in [0.3, 0.4) is 0 Å². The summed E-state index contributed by atoms with van der Waals surface area (Å²) in [6, 6.07) is 8.71. The zero-order chi connectivity index (χ0) is 14.8. The predicted octanol–water partition coefficient (Wildman–Crippen LogP) is 3.61. The molecule has 1 aromatic carbocycles. The van der Waals surface area contributed by atoms with Gasteiger partial charge in [0.1, 0.15) is 5.82 Å². The van der Waals surface area contributed by atoms with E-state index in [0.717, 1.165) is 29.4 Å². The lowest BCUT2D eigenvalue weighted by molar-refractivity contribution is 0.388. The first-order valence-corrected chi connectivity index (χ1v) is 7.85. The first-order valence-electron chi connectivity index (χ1n) is 7.05. The van der Waals surface area contributed by atoms with E-state index >= 15 is 0 Å². The molecule has 1 aliphatic rings. The van der Waals surface area contributed by atoms with Crippen molar-refractivity contribution >= 4 is 15.9 Å². The van der Waals surface area contributed by atoms with Gasteiger partial charge < -0.3 is 0 Å². The third-order valence-electron chi connectivity index (χ3n) is 4.11. The van der Waals surface area contributed by atoms with Crippen molar-refractivity contribution in [1.29, 1.82) is 0 Å². The highest BCUT2D eigenvalue weighted by atomic mass is 79.9. The quantitative estimate of drug-likeness (QED) is 0.657. The van der Waals surface area contributed by atoms with Gasteiger partial charge in [-0.1, -0.05) is 22.0 Å². The first-order chi connectivity index (χ1) is 10.2. The minimum Gasteiger partial charge on any atom is -0.271 e. The number of halogens is 2. The lowest BCUT2D eigenvalue weighted by Gasteiger charge is -2.31. The number of hydrazine groups is 1. The second kappa shape index (κ2) is 6.22. The number of fused-ring (bicyclic) bond motifs is 1. The van der Waals surface area contributed by atoms with Crippen molar-refractivity contribution in [3.05, 3.63) is 63.6 Å². The normalized spacial score (nSPS) is 19.1. The maximum Gasteiger partial charge on any atom is 0.128 e. The average molecular weight is 350 g/mol. The Bertz CT molecular complexity index is 647.